The summed E-state index contributed by atoms with van der Waals surface area (Å²) >= 11 is 0. The highest BCUT2D eigenvalue weighted by Crippen LogP contribution is 2.31. The number of aromatic nitrogens is 1. The van der Waals surface area contributed by atoms with E-state index in [0.717, 1.165) is 49.5 Å². The number of fused-ring (bicyclic) bond motifs is 1. The summed E-state index contributed by atoms with van der Waals surface area (Å²) in [5.74, 6) is -2.45. The first kappa shape index (κ1) is 37.8. The predicted molar refractivity (Wildman–Crippen MR) is 194 cm³/mol. The summed E-state index contributed by atoms with van der Waals surface area (Å²) in [5.41, 5.74) is 0.792. The smallest absolute Gasteiger partial charge is 0.407 e. The van der Waals surface area contributed by atoms with Crippen LogP contribution in [-0.2, 0) is 29.1 Å². The molecule has 2 saturated carbocycles. The third-order valence-corrected chi connectivity index (χ3v) is 11.9. The number of pyridine rings is 1. The van der Waals surface area contributed by atoms with Crippen molar-refractivity contribution in [3.8, 4) is 0 Å². The molecule has 1 aromatic heterocycles. The number of aromatic amines is 1. The van der Waals surface area contributed by atoms with Gasteiger partial charge >= 0.3 is 6.09 Å². The first-order valence-electron chi connectivity index (χ1n) is 18.0. The lowest BCUT2D eigenvalue weighted by atomic mass is 9.96. The van der Waals surface area contributed by atoms with Crippen molar-refractivity contribution in [1.82, 2.24) is 25.2 Å². The highest BCUT2D eigenvalue weighted by atomic mass is 32.2. The molecule has 2 heterocycles. The number of amides is 4. The third kappa shape index (κ3) is 9.87. The molecule has 1 unspecified atom stereocenters. The minimum atomic E-state index is -3.83. The van der Waals surface area contributed by atoms with E-state index in [1.165, 1.54) is 11.0 Å². The van der Waals surface area contributed by atoms with Crippen LogP contribution in [0.15, 0.2) is 54.0 Å². The Morgan fingerprint density at radius 1 is 1.04 bits per heavy atom. The molecule has 1 aromatic carbocycles. The summed E-state index contributed by atoms with van der Waals surface area (Å²) in [6.07, 6.45) is 13.8. The van der Waals surface area contributed by atoms with Crippen LogP contribution in [-0.4, -0.2) is 78.6 Å². The first-order valence-corrected chi connectivity index (χ1v) is 19.5. The van der Waals surface area contributed by atoms with Crippen LogP contribution in [0.4, 0.5) is 4.79 Å². The summed E-state index contributed by atoms with van der Waals surface area (Å²) in [6, 6.07) is 4.63. The number of benzene rings is 1. The van der Waals surface area contributed by atoms with Gasteiger partial charge in [-0.1, -0.05) is 50.1 Å². The first-order chi connectivity index (χ1) is 24.5. The maximum Gasteiger partial charge on any atom is 0.407 e. The molecule has 2 aromatic rings. The molecule has 3 aliphatic rings. The zero-order valence-electron chi connectivity index (χ0n) is 29.1. The minimum Gasteiger partial charge on any atom is -0.450 e. The van der Waals surface area contributed by atoms with Crippen LogP contribution in [0.5, 0.6) is 0 Å². The lowest BCUT2D eigenvalue weighted by Crippen LogP contribution is -2.58. The van der Waals surface area contributed by atoms with Crippen molar-refractivity contribution in [3.05, 3.63) is 65.1 Å². The molecule has 5 rings (SSSR count). The molecule has 14 heteroatoms. The average molecular weight is 724 g/mol. The van der Waals surface area contributed by atoms with Gasteiger partial charge in [0.25, 0.3) is 11.5 Å². The predicted octanol–water partition coefficient (Wildman–Crippen LogP) is 3.90. The van der Waals surface area contributed by atoms with Crippen molar-refractivity contribution in [2.75, 3.05) is 13.2 Å². The Balaban J connectivity index is 1.12. The van der Waals surface area contributed by atoms with Gasteiger partial charge < -0.3 is 25.3 Å². The summed E-state index contributed by atoms with van der Waals surface area (Å²) in [6.45, 7) is 5.84. The molecule has 1 aliphatic heterocycles. The van der Waals surface area contributed by atoms with E-state index in [4.69, 9.17) is 4.74 Å². The van der Waals surface area contributed by atoms with E-state index >= 15 is 0 Å². The highest BCUT2D eigenvalue weighted by Gasteiger charge is 2.43. The number of hydrogen-bond acceptors (Lipinski definition) is 8. The summed E-state index contributed by atoms with van der Waals surface area (Å²) in [4.78, 5) is 69.7. The average Bonchev–Trinajstić information content (AvgIpc) is 3.63. The monoisotopic (exact) mass is 723 g/mol. The number of allylic oxidation sites excluding steroid dienone is 1. The topological polar surface area (TPSA) is 184 Å². The van der Waals surface area contributed by atoms with Gasteiger partial charge in [-0.25, -0.2) is 13.2 Å². The fourth-order valence-electron chi connectivity index (χ4n) is 6.86. The maximum absolute atomic E-state index is 14.0. The largest absolute Gasteiger partial charge is 0.450 e. The van der Waals surface area contributed by atoms with E-state index in [-0.39, 0.29) is 24.0 Å². The number of nitrogens with zero attached hydrogens (tertiary/aromatic N) is 1. The van der Waals surface area contributed by atoms with Crippen molar-refractivity contribution in [2.24, 2.45) is 11.8 Å². The van der Waals surface area contributed by atoms with Crippen LogP contribution in [0.2, 0.25) is 0 Å². The Kier molecular flexibility index (Phi) is 12.7. The van der Waals surface area contributed by atoms with Crippen LogP contribution >= 0.6 is 0 Å². The normalized spacial score (nSPS) is 19.8. The molecule has 4 N–H and O–H groups in total. The molecule has 13 nitrogen and oxygen atoms in total. The van der Waals surface area contributed by atoms with Crippen LogP contribution < -0.4 is 20.9 Å². The van der Waals surface area contributed by atoms with Crippen LogP contribution in [0.25, 0.3) is 16.8 Å². The van der Waals surface area contributed by atoms with E-state index in [1.807, 2.05) is 36.4 Å². The fourth-order valence-corrected chi connectivity index (χ4v) is 8.19. The van der Waals surface area contributed by atoms with Gasteiger partial charge in [0.1, 0.15) is 18.1 Å². The Bertz CT molecular complexity index is 1800. The number of likely N-dealkylation sites (tertiary alicyclic amines) is 1. The zero-order chi connectivity index (χ0) is 36.5. The van der Waals surface area contributed by atoms with Gasteiger partial charge in [0.05, 0.1) is 11.9 Å². The van der Waals surface area contributed by atoms with Crippen molar-refractivity contribution in [3.63, 3.8) is 0 Å². The molecule has 4 atom stereocenters. The van der Waals surface area contributed by atoms with Gasteiger partial charge in [0, 0.05) is 24.0 Å². The van der Waals surface area contributed by atoms with Gasteiger partial charge in [0.15, 0.2) is 0 Å². The van der Waals surface area contributed by atoms with E-state index < -0.39 is 57.2 Å². The molecule has 0 radical (unpaired) electrons. The zero-order valence-corrected chi connectivity index (χ0v) is 29.9. The molecule has 0 spiro atoms. The number of ether oxygens (including phenoxy) is 1. The SMILES string of the molecule is C=C[C@H](C)C(NC(=O)[C@@H]1CCCN1C(=O)[C@@H](NC(=O)OCCCC/C=C/c1ccc2cc[nH]c(=O)c2c1)C1CCCC1)C(=O)NS(=O)(=O)C1CC1. The molecular formula is C37H49N5O8S. The second-order valence-electron chi connectivity index (χ2n) is 13.8. The van der Waals surface area contributed by atoms with Crippen LogP contribution in [0.1, 0.15) is 83.1 Å². The number of rotatable bonds is 16. The maximum atomic E-state index is 14.0. The summed E-state index contributed by atoms with van der Waals surface area (Å²) in [7, 11) is -3.83. The van der Waals surface area contributed by atoms with E-state index in [9.17, 15) is 32.4 Å². The lowest BCUT2D eigenvalue weighted by molar-refractivity contribution is -0.141. The molecule has 2 aliphatic carbocycles. The molecular weight excluding hydrogens is 675 g/mol. The van der Waals surface area contributed by atoms with Crippen molar-refractivity contribution < 1.29 is 32.3 Å². The van der Waals surface area contributed by atoms with Gasteiger partial charge in [0.2, 0.25) is 21.8 Å². The van der Waals surface area contributed by atoms with Gasteiger partial charge in [-0.15, -0.1) is 6.58 Å². The van der Waals surface area contributed by atoms with Gasteiger partial charge in [-0.05, 0) is 86.8 Å². The quantitative estimate of drug-likeness (QED) is 0.149. The number of hydrogen-bond donors (Lipinski definition) is 4. The molecule has 51 heavy (non-hydrogen) atoms. The standard InChI is InChI=1S/C37H49N5O8S/c1-3-24(2)31(35(45)41-51(48,49)28-17-18-28)39-34(44)30-14-10-21-42(30)36(46)32(27-12-7-8-13-27)40-37(47)50-22-9-5-4-6-11-25-15-16-26-19-20-38-33(43)29(26)23-25/h3,6,11,15-16,19-20,23-24,27-28,30-32H,1,4-5,7-10,12-14,17-18,21-22H2,2H3,(H,38,43)(H,39,44)(H,40,47)(H,41,45)/b11-6+/t24-,30-,31?,32-/m0/s1. The molecule has 4 amide bonds. The summed E-state index contributed by atoms with van der Waals surface area (Å²) in [5, 5.41) is 6.38. The van der Waals surface area contributed by atoms with Crippen LogP contribution in [0, 0.1) is 11.8 Å². The number of sulfonamides is 1. The van der Waals surface area contributed by atoms with E-state index in [0.29, 0.717) is 44.0 Å². The number of H-pyrrole nitrogens is 1. The van der Waals surface area contributed by atoms with Crippen LogP contribution in [0.3, 0.4) is 0 Å². The number of carbonyl (C=O) groups excluding carboxylic acids is 4. The van der Waals surface area contributed by atoms with Gasteiger partial charge in [-0.2, -0.15) is 0 Å². The Labute approximate surface area is 298 Å². The van der Waals surface area contributed by atoms with Crippen molar-refractivity contribution >= 4 is 50.7 Å². The highest BCUT2D eigenvalue weighted by molar-refractivity contribution is 7.90. The molecule has 0 bridgehead atoms. The van der Waals surface area contributed by atoms with E-state index in [1.54, 1.807) is 13.1 Å². The summed E-state index contributed by atoms with van der Waals surface area (Å²) < 4.78 is 32.4. The third-order valence-electron chi connectivity index (χ3n) is 10.0. The van der Waals surface area contributed by atoms with Crippen molar-refractivity contribution in [2.45, 2.75) is 101 Å². The second-order valence-corrected chi connectivity index (χ2v) is 15.8. The molecule has 3 fully saturated rings. The second kappa shape index (κ2) is 17.2. The number of nitrogens with one attached hydrogen (secondary N) is 4. The van der Waals surface area contributed by atoms with Crippen molar-refractivity contribution in [1.29, 1.82) is 0 Å². The number of unbranched alkanes of at least 4 members (excludes halogenated alkanes) is 2. The Morgan fingerprint density at radius 3 is 2.53 bits per heavy atom. The molecule has 1 saturated heterocycles. The number of alkyl carbamates (subject to hydrolysis) is 1. The lowest BCUT2D eigenvalue weighted by Gasteiger charge is -2.32. The number of carbonyl (C=O) groups is 4. The van der Waals surface area contributed by atoms with Gasteiger partial charge in [-0.3, -0.25) is 23.9 Å². The molecule has 276 valence electrons. The fraction of sp³-hybridized carbons (Fsp3) is 0.541. The van der Waals surface area contributed by atoms with E-state index in [2.05, 4.69) is 26.9 Å². The Hall–Kier alpha value is -4.46. The minimum absolute atomic E-state index is 0.0999. The Morgan fingerprint density at radius 2 is 1.80 bits per heavy atom.